The van der Waals surface area contributed by atoms with E-state index in [4.69, 9.17) is 4.99 Å². The van der Waals surface area contributed by atoms with Gasteiger partial charge in [-0.3, -0.25) is 4.99 Å². The maximum Gasteiger partial charge on any atom is 0.191 e. The SMILES string of the molecule is CCNC(=NCCCCc1nc(C)cs1)NCCc1c[nH]c2ccccc12. The number of fused-ring (bicyclic) bond motifs is 1. The number of aromatic nitrogens is 2. The Kier molecular flexibility index (Phi) is 7.27. The molecule has 3 rings (SSSR count). The average molecular weight is 384 g/mol. The lowest BCUT2D eigenvalue weighted by Gasteiger charge is -2.11. The van der Waals surface area contributed by atoms with Gasteiger partial charge in [0.1, 0.15) is 0 Å². The fourth-order valence-electron chi connectivity index (χ4n) is 3.09. The minimum Gasteiger partial charge on any atom is -0.361 e. The molecule has 0 fully saturated rings. The molecule has 0 unspecified atom stereocenters. The van der Waals surface area contributed by atoms with Gasteiger partial charge in [0, 0.05) is 47.8 Å². The van der Waals surface area contributed by atoms with E-state index in [0.29, 0.717) is 0 Å². The van der Waals surface area contributed by atoms with Crippen LogP contribution < -0.4 is 10.6 Å². The number of unbranched alkanes of at least 4 members (excludes halogenated alkanes) is 1. The quantitative estimate of drug-likeness (QED) is 0.297. The van der Waals surface area contributed by atoms with Crippen molar-refractivity contribution in [1.82, 2.24) is 20.6 Å². The van der Waals surface area contributed by atoms with Crippen LogP contribution in [0.1, 0.15) is 36.0 Å². The molecule has 0 aliphatic carbocycles. The molecule has 5 nitrogen and oxygen atoms in total. The molecule has 0 saturated heterocycles. The molecule has 0 radical (unpaired) electrons. The third-order valence-electron chi connectivity index (χ3n) is 4.44. The normalized spacial score (nSPS) is 11.9. The fourth-order valence-corrected chi connectivity index (χ4v) is 3.91. The predicted molar refractivity (Wildman–Crippen MR) is 116 cm³/mol. The van der Waals surface area contributed by atoms with E-state index in [0.717, 1.165) is 57.0 Å². The van der Waals surface area contributed by atoms with Crippen LogP contribution in [0, 0.1) is 6.92 Å². The van der Waals surface area contributed by atoms with E-state index in [1.165, 1.54) is 21.5 Å². The zero-order valence-electron chi connectivity index (χ0n) is 16.2. The Hall–Kier alpha value is -2.34. The molecule has 1 aromatic carbocycles. The van der Waals surface area contributed by atoms with Crippen LogP contribution in [0.5, 0.6) is 0 Å². The number of guanidine groups is 1. The van der Waals surface area contributed by atoms with Gasteiger partial charge in [0.25, 0.3) is 0 Å². The molecular weight excluding hydrogens is 354 g/mol. The van der Waals surface area contributed by atoms with Crippen molar-refractivity contribution in [3.63, 3.8) is 0 Å². The lowest BCUT2D eigenvalue weighted by atomic mass is 10.1. The molecule has 144 valence electrons. The van der Waals surface area contributed by atoms with Crippen molar-refractivity contribution in [3.05, 3.63) is 52.1 Å². The van der Waals surface area contributed by atoms with E-state index in [1.54, 1.807) is 11.3 Å². The number of H-pyrrole nitrogens is 1. The zero-order chi connectivity index (χ0) is 18.9. The summed E-state index contributed by atoms with van der Waals surface area (Å²) in [7, 11) is 0. The van der Waals surface area contributed by atoms with Gasteiger partial charge in [0.15, 0.2) is 5.96 Å². The molecule has 0 bridgehead atoms. The largest absolute Gasteiger partial charge is 0.361 e. The molecule has 0 spiro atoms. The van der Waals surface area contributed by atoms with Gasteiger partial charge in [-0.1, -0.05) is 18.2 Å². The number of para-hydroxylation sites is 1. The molecule has 0 amide bonds. The summed E-state index contributed by atoms with van der Waals surface area (Å²) >= 11 is 1.76. The molecule has 3 aromatic rings. The van der Waals surface area contributed by atoms with E-state index in [2.05, 4.69) is 70.3 Å². The van der Waals surface area contributed by atoms with E-state index in [-0.39, 0.29) is 0 Å². The number of aryl methyl sites for hydroxylation is 2. The number of benzene rings is 1. The van der Waals surface area contributed by atoms with E-state index in [1.807, 2.05) is 0 Å². The smallest absolute Gasteiger partial charge is 0.191 e. The van der Waals surface area contributed by atoms with Gasteiger partial charge < -0.3 is 15.6 Å². The first-order chi connectivity index (χ1) is 13.3. The van der Waals surface area contributed by atoms with Crippen LogP contribution >= 0.6 is 11.3 Å². The van der Waals surface area contributed by atoms with Crippen LogP contribution in [0.2, 0.25) is 0 Å². The molecule has 0 aliphatic rings. The molecule has 6 heteroatoms. The third kappa shape index (κ3) is 5.82. The summed E-state index contributed by atoms with van der Waals surface area (Å²) in [5.74, 6) is 0.905. The summed E-state index contributed by atoms with van der Waals surface area (Å²) in [5.41, 5.74) is 3.66. The summed E-state index contributed by atoms with van der Waals surface area (Å²) in [6, 6.07) is 8.44. The van der Waals surface area contributed by atoms with E-state index < -0.39 is 0 Å². The third-order valence-corrected chi connectivity index (χ3v) is 5.47. The minimum atomic E-state index is 0.840. The van der Waals surface area contributed by atoms with Crippen molar-refractivity contribution in [3.8, 4) is 0 Å². The van der Waals surface area contributed by atoms with Crippen molar-refractivity contribution in [2.75, 3.05) is 19.6 Å². The van der Waals surface area contributed by atoms with Crippen LogP contribution in [0.15, 0.2) is 40.8 Å². The second-order valence-corrected chi connectivity index (χ2v) is 7.58. The fraction of sp³-hybridized carbons (Fsp3) is 0.429. The highest BCUT2D eigenvalue weighted by molar-refractivity contribution is 7.09. The maximum atomic E-state index is 4.70. The molecule has 2 heterocycles. The number of thiazole rings is 1. The second-order valence-electron chi connectivity index (χ2n) is 6.64. The van der Waals surface area contributed by atoms with Crippen molar-refractivity contribution < 1.29 is 0 Å². The predicted octanol–water partition coefficient (Wildman–Crippen LogP) is 4.05. The van der Waals surface area contributed by atoms with Crippen molar-refractivity contribution >= 4 is 28.2 Å². The summed E-state index contributed by atoms with van der Waals surface area (Å²) in [6.45, 7) is 6.73. The number of hydrogen-bond acceptors (Lipinski definition) is 3. The van der Waals surface area contributed by atoms with E-state index in [9.17, 15) is 0 Å². The highest BCUT2D eigenvalue weighted by Crippen LogP contribution is 2.17. The number of aliphatic imine (C=N–C) groups is 1. The van der Waals surface area contributed by atoms with Crippen molar-refractivity contribution in [2.24, 2.45) is 4.99 Å². The van der Waals surface area contributed by atoms with Crippen molar-refractivity contribution in [1.29, 1.82) is 0 Å². The van der Waals surface area contributed by atoms with Crippen LogP contribution in [0.25, 0.3) is 10.9 Å². The Balaban J connectivity index is 1.41. The zero-order valence-corrected chi connectivity index (χ0v) is 17.0. The van der Waals surface area contributed by atoms with Crippen LogP contribution in [0.4, 0.5) is 0 Å². The molecule has 27 heavy (non-hydrogen) atoms. The molecule has 0 saturated carbocycles. The first kappa shape index (κ1) is 19.4. The lowest BCUT2D eigenvalue weighted by Crippen LogP contribution is -2.38. The number of aromatic amines is 1. The Bertz CT molecular complexity index is 864. The Morgan fingerprint density at radius 3 is 2.89 bits per heavy atom. The van der Waals surface area contributed by atoms with Gasteiger partial charge in [-0.15, -0.1) is 11.3 Å². The summed E-state index contributed by atoms with van der Waals surface area (Å²) < 4.78 is 0. The van der Waals surface area contributed by atoms with Gasteiger partial charge in [-0.25, -0.2) is 4.98 Å². The number of nitrogens with one attached hydrogen (secondary N) is 3. The van der Waals surface area contributed by atoms with Gasteiger partial charge in [-0.2, -0.15) is 0 Å². The molecule has 0 aliphatic heterocycles. The van der Waals surface area contributed by atoms with Crippen LogP contribution in [0.3, 0.4) is 0 Å². The first-order valence-electron chi connectivity index (χ1n) is 9.74. The molecule has 0 atom stereocenters. The van der Waals surface area contributed by atoms with Crippen molar-refractivity contribution in [2.45, 2.75) is 39.5 Å². The van der Waals surface area contributed by atoms with Gasteiger partial charge >= 0.3 is 0 Å². The minimum absolute atomic E-state index is 0.840. The van der Waals surface area contributed by atoms with E-state index >= 15 is 0 Å². The molecule has 2 aromatic heterocycles. The van der Waals surface area contributed by atoms with Gasteiger partial charge in [-0.05, 0) is 51.2 Å². The second kappa shape index (κ2) is 10.1. The number of hydrogen-bond donors (Lipinski definition) is 3. The highest BCUT2D eigenvalue weighted by atomic mass is 32.1. The van der Waals surface area contributed by atoms with Gasteiger partial charge in [0.2, 0.25) is 0 Å². The first-order valence-corrected chi connectivity index (χ1v) is 10.6. The average Bonchev–Trinajstić information content (AvgIpc) is 3.28. The van der Waals surface area contributed by atoms with Crippen LogP contribution in [-0.2, 0) is 12.8 Å². The monoisotopic (exact) mass is 383 g/mol. The maximum absolute atomic E-state index is 4.70. The highest BCUT2D eigenvalue weighted by Gasteiger charge is 2.04. The number of nitrogens with zero attached hydrogens (tertiary/aromatic N) is 2. The summed E-state index contributed by atoms with van der Waals surface area (Å²) in [6.07, 6.45) is 6.34. The standard InChI is InChI=1S/C21H29N5S/c1-3-22-21(23-12-7-6-10-20-26-16(2)15-27-20)24-13-11-17-14-25-19-9-5-4-8-18(17)19/h4-5,8-9,14-15,25H,3,6-7,10-13H2,1-2H3,(H2,22,23,24). The van der Waals surface area contributed by atoms with Crippen LogP contribution in [-0.4, -0.2) is 35.6 Å². The number of rotatable bonds is 9. The molecular formula is C21H29N5S. The summed E-state index contributed by atoms with van der Waals surface area (Å²) in [5, 5.41) is 11.4. The Morgan fingerprint density at radius 1 is 1.19 bits per heavy atom. The Morgan fingerprint density at radius 2 is 2.07 bits per heavy atom. The summed E-state index contributed by atoms with van der Waals surface area (Å²) in [4.78, 5) is 12.6. The lowest BCUT2D eigenvalue weighted by molar-refractivity contribution is 0.727. The Labute approximate surface area is 165 Å². The molecule has 3 N–H and O–H groups in total. The van der Waals surface area contributed by atoms with Gasteiger partial charge in [0.05, 0.1) is 5.01 Å². The topological polar surface area (TPSA) is 65.1 Å².